The van der Waals surface area contributed by atoms with E-state index in [9.17, 15) is 4.79 Å². The second-order valence-corrected chi connectivity index (χ2v) is 7.21. The van der Waals surface area contributed by atoms with Crippen molar-refractivity contribution in [3.8, 4) is 0 Å². The zero-order valence-electron chi connectivity index (χ0n) is 13.8. The van der Waals surface area contributed by atoms with Crippen LogP contribution in [0.2, 0.25) is 0 Å². The number of imidazole rings is 1. The monoisotopic (exact) mass is 304 g/mol. The van der Waals surface area contributed by atoms with Crippen LogP contribution in [0.3, 0.4) is 0 Å². The van der Waals surface area contributed by atoms with Crippen LogP contribution in [0.4, 0.5) is 0 Å². The van der Waals surface area contributed by atoms with Gasteiger partial charge in [0, 0.05) is 43.9 Å². The first-order valence-electron chi connectivity index (χ1n) is 8.64. The van der Waals surface area contributed by atoms with Crippen LogP contribution >= 0.6 is 0 Å². The fraction of sp³-hybridized carbons (Fsp3) is 0.765. The van der Waals surface area contributed by atoms with E-state index in [2.05, 4.69) is 33.6 Å². The summed E-state index contributed by atoms with van der Waals surface area (Å²) in [7, 11) is 0. The Morgan fingerprint density at radius 1 is 1.36 bits per heavy atom. The number of fused-ring (bicyclic) bond motifs is 1. The molecule has 3 heterocycles. The van der Waals surface area contributed by atoms with Crippen LogP contribution in [0.15, 0.2) is 12.4 Å². The number of hydrogen-bond acceptors (Lipinski definition) is 3. The van der Waals surface area contributed by atoms with Crippen LogP contribution in [-0.2, 0) is 17.8 Å². The molecule has 1 amide bonds. The summed E-state index contributed by atoms with van der Waals surface area (Å²) in [5, 5.41) is 3.27. The third-order valence-corrected chi connectivity index (χ3v) is 4.86. The zero-order chi connectivity index (χ0) is 15.5. The number of rotatable bonds is 4. The molecule has 0 saturated carbocycles. The van der Waals surface area contributed by atoms with Crippen molar-refractivity contribution >= 4 is 5.91 Å². The van der Waals surface area contributed by atoms with Crippen molar-refractivity contribution in [2.24, 2.45) is 11.8 Å². The highest BCUT2D eigenvalue weighted by Crippen LogP contribution is 2.20. The highest BCUT2D eigenvalue weighted by Gasteiger charge is 2.28. The number of aryl methyl sites for hydroxylation is 1. The minimum absolute atomic E-state index is 0.201. The van der Waals surface area contributed by atoms with Gasteiger partial charge in [-0.15, -0.1) is 0 Å². The molecular formula is C17H28N4O. The SMILES string of the molecule is CC(C)CN1CCC(C(=O)N[C@@H]2CCc3nccn3C2)CC1. The van der Waals surface area contributed by atoms with Gasteiger partial charge in [-0.05, 0) is 38.3 Å². The average Bonchev–Trinajstić information content (AvgIpc) is 2.95. The van der Waals surface area contributed by atoms with E-state index in [1.165, 1.54) is 0 Å². The molecule has 0 aliphatic carbocycles. The molecule has 5 nitrogen and oxygen atoms in total. The Morgan fingerprint density at radius 3 is 2.86 bits per heavy atom. The molecule has 1 N–H and O–H groups in total. The van der Waals surface area contributed by atoms with Crippen LogP contribution in [0.1, 0.15) is 38.9 Å². The average molecular weight is 304 g/mol. The summed E-state index contributed by atoms with van der Waals surface area (Å²) in [4.78, 5) is 19.3. The molecule has 1 aromatic rings. The summed E-state index contributed by atoms with van der Waals surface area (Å²) >= 11 is 0. The molecule has 2 aliphatic rings. The van der Waals surface area contributed by atoms with E-state index in [4.69, 9.17) is 0 Å². The highest BCUT2D eigenvalue weighted by molar-refractivity contribution is 5.79. The largest absolute Gasteiger partial charge is 0.351 e. The van der Waals surface area contributed by atoms with Gasteiger partial charge in [0.25, 0.3) is 0 Å². The van der Waals surface area contributed by atoms with Crippen molar-refractivity contribution < 1.29 is 4.79 Å². The maximum absolute atomic E-state index is 12.5. The summed E-state index contributed by atoms with van der Waals surface area (Å²) in [5.41, 5.74) is 0. The second kappa shape index (κ2) is 6.82. The van der Waals surface area contributed by atoms with E-state index in [1.807, 2.05) is 12.4 Å². The van der Waals surface area contributed by atoms with E-state index in [1.54, 1.807) is 0 Å². The van der Waals surface area contributed by atoms with Gasteiger partial charge in [-0.2, -0.15) is 0 Å². The van der Waals surface area contributed by atoms with Crippen LogP contribution in [-0.4, -0.2) is 46.0 Å². The standard InChI is InChI=1S/C17H28N4O/c1-13(2)11-20-8-5-14(6-9-20)17(22)19-15-3-4-16-18-7-10-21(16)12-15/h7,10,13-15H,3-6,8-9,11-12H2,1-2H3,(H,19,22)/t15-/m1/s1. The quantitative estimate of drug-likeness (QED) is 0.921. The first-order chi connectivity index (χ1) is 10.6. The Bertz CT molecular complexity index is 503. The van der Waals surface area contributed by atoms with Crippen molar-refractivity contribution in [3.63, 3.8) is 0 Å². The van der Waals surface area contributed by atoms with E-state index in [0.29, 0.717) is 5.92 Å². The Kier molecular flexibility index (Phi) is 4.81. The van der Waals surface area contributed by atoms with Gasteiger partial charge in [0.05, 0.1) is 0 Å². The predicted molar refractivity (Wildman–Crippen MR) is 86.5 cm³/mol. The first kappa shape index (κ1) is 15.5. The fourth-order valence-electron chi connectivity index (χ4n) is 3.70. The first-order valence-corrected chi connectivity index (χ1v) is 8.64. The van der Waals surface area contributed by atoms with E-state index < -0.39 is 0 Å². The van der Waals surface area contributed by atoms with Gasteiger partial charge in [-0.3, -0.25) is 4.79 Å². The predicted octanol–water partition coefficient (Wildman–Crippen LogP) is 1.68. The van der Waals surface area contributed by atoms with Crippen LogP contribution in [0, 0.1) is 11.8 Å². The van der Waals surface area contributed by atoms with E-state index >= 15 is 0 Å². The van der Waals surface area contributed by atoms with E-state index in [-0.39, 0.29) is 17.9 Å². The minimum Gasteiger partial charge on any atom is -0.351 e. The summed E-state index contributed by atoms with van der Waals surface area (Å²) in [6.07, 6.45) is 7.84. The summed E-state index contributed by atoms with van der Waals surface area (Å²) < 4.78 is 2.17. The van der Waals surface area contributed by atoms with Gasteiger partial charge < -0.3 is 14.8 Å². The maximum Gasteiger partial charge on any atom is 0.223 e. The van der Waals surface area contributed by atoms with Gasteiger partial charge in [0.15, 0.2) is 0 Å². The molecule has 1 saturated heterocycles. The molecule has 0 unspecified atom stereocenters. The molecule has 2 aliphatic heterocycles. The van der Waals surface area contributed by atoms with Crippen LogP contribution in [0.25, 0.3) is 0 Å². The number of carbonyl (C=O) groups is 1. The van der Waals surface area contributed by atoms with Gasteiger partial charge in [0.1, 0.15) is 5.82 Å². The Hall–Kier alpha value is -1.36. The third-order valence-electron chi connectivity index (χ3n) is 4.86. The molecule has 0 radical (unpaired) electrons. The molecule has 0 spiro atoms. The maximum atomic E-state index is 12.5. The smallest absolute Gasteiger partial charge is 0.223 e. The Morgan fingerprint density at radius 2 is 2.14 bits per heavy atom. The molecule has 0 aromatic carbocycles. The van der Waals surface area contributed by atoms with Crippen LogP contribution < -0.4 is 5.32 Å². The third kappa shape index (κ3) is 3.69. The lowest BCUT2D eigenvalue weighted by Gasteiger charge is -2.33. The fourth-order valence-corrected chi connectivity index (χ4v) is 3.70. The van der Waals surface area contributed by atoms with Gasteiger partial charge in [-0.25, -0.2) is 4.98 Å². The lowest BCUT2D eigenvalue weighted by Crippen LogP contribution is -2.46. The van der Waals surface area contributed by atoms with Crippen molar-refractivity contribution in [2.45, 2.75) is 52.1 Å². The zero-order valence-corrected chi connectivity index (χ0v) is 13.8. The molecular weight excluding hydrogens is 276 g/mol. The minimum atomic E-state index is 0.201. The van der Waals surface area contributed by atoms with Crippen molar-refractivity contribution in [1.29, 1.82) is 0 Å². The Labute approximate surface area is 133 Å². The lowest BCUT2D eigenvalue weighted by molar-refractivity contribution is -0.127. The van der Waals surface area contributed by atoms with Crippen LogP contribution in [0.5, 0.6) is 0 Å². The number of nitrogens with zero attached hydrogens (tertiary/aromatic N) is 3. The molecule has 122 valence electrons. The summed E-state index contributed by atoms with van der Waals surface area (Å²) in [5.74, 6) is 2.31. The number of nitrogens with one attached hydrogen (secondary N) is 1. The van der Waals surface area contributed by atoms with Gasteiger partial charge in [0.2, 0.25) is 5.91 Å². The molecule has 1 aromatic heterocycles. The number of aromatic nitrogens is 2. The number of carbonyl (C=O) groups excluding carboxylic acids is 1. The number of piperidine rings is 1. The molecule has 0 bridgehead atoms. The van der Waals surface area contributed by atoms with Gasteiger partial charge >= 0.3 is 0 Å². The van der Waals surface area contributed by atoms with Crippen molar-refractivity contribution in [3.05, 3.63) is 18.2 Å². The molecule has 1 fully saturated rings. The van der Waals surface area contributed by atoms with E-state index in [0.717, 1.165) is 57.7 Å². The van der Waals surface area contributed by atoms with Crippen molar-refractivity contribution in [1.82, 2.24) is 19.8 Å². The summed E-state index contributed by atoms with van der Waals surface area (Å²) in [6.45, 7) is 8.66. The Balaban J connectivity index is 1.45. The molecule has 3 rings (SSSR count). The number of amides is 1. The highest BCUT2D eigenvalue weighted by atomic mass is 16.2. The molecule has 1 atom stereocenters. The topological polar surface area (TPSA) is 50.2 Å². The van der Waals surface area contributed by atoms with Crippen molar-refractivity contribution in [2.75, 3.05) is 19.6 Å². The number of hydrogen-bond donors (Lipinski definition) is 1. The summed E-state index contributed by atoms with van der Waals surface area (Å²) in [6, 6.07) is 0.267. The molecule has 5 heteroatoms. The lowest BCUT2D eigenvalue weighted by atomic mass is 9.94. The van der Waals surface area contributed by atoms with Gasteiger partial charge in [-0.1, -0.05) is 13.8 Å². The second-order valence-electron chi connectivity index (χ2n) is 7.21. The molecule has 22 heavy (non-hydrogen) atoms. The number of likely N-dealkylation sites (tertiary alicyclic amines) is 1. The normalized spacial score (nSPS) is 23.5.